The highest BCUT2D eigenvalue weighted by Gasteiger charge is 2.15. The summed E-state index contributed by atoms with van der Waals surface area (Å²) in [5.41, 5.74) is 7.72. The highest BCUT2D eigenvalue weighted by Crippen LogP contribution is 2.24. The molecule has 0 saturated carbocycles. The van der Waals surface area contributed by atoms with Gasteiger partial charge in [-0.3, -0.25) is 4.79 Å². The van der Waals surface area contributed by atoms with Gasteiger partial charge in [-0.1, -0.05) is 0 Å². The number of fused-ring (bicyclic) bond motifs is 1. The third kappa shape index (κ3) is 2.53. The molecule has 5 nitrogen and oxygen atoms in total. The van der Waals surface area contributed by atoms with Crippen LogP contribution in [-0.4, -0.2) is 17.4 Å². The number of nitrogens with zero attached hydrogens (tertiary/aromatic N) is 2. The number of amides is 1. The van der Waals surface area contributed by atoms with E-state index in [0.717, 1.165) is 36.9 Å². The topological polar surface area (TPSA) is 91.8 Å². The zero-order valence-electron chi connectivity index (χ0n) is 9.49. The minimum atomic E-state index is -0.464. The number of primary amides is 1. The van der Waals surface area contributed by atoms with Gasteiger partial charge in [-0.05, 0) is 37.3 Å². The van der Waals surface area contributed by atoms with Gasteiger partial charge >= 0.3 is 0 Å². The van der Waals surface area contributed by atoms with Crippen molar-refractivity contribution in [2.45, 2.75) is 25.7 Å². The van der Waals surface area contributed by atoms with Gasteiger partial charge in [0.05, 0.1) is 12.1 Å². The SMILES string of the molecule is N#Cc1cc2c(nc1NCC(N)=O)CCCC2. The molecule has 0 aromatic carbocycles. The first-order valence-corrected chi connectivity index (χ1v) is 5.66. The second-order valence-electron chi connectivity index (χ2n) is 4.13. The predicted octanol–water partition coefficient (Wildman–Crippen LogP) is 0.729. The van der Waals surface area contributed by atoms with Crippen molar-refractivity contribution in [3.63, 3.8) is 0 Å². The van der Waals surface area contributed by atoms with Crippen molar-refractivity contribution < 1.29 is 4.79 Å². The molecule has 1 aromatic rings. The predicted molar refractivity (Wildman–Crippen MR) is 63.3 cm³/mol. The summed E-state index contributed by atoms with van der Waals surface area (Å²) in [5.74, 6) is 0.000334. The van der Waals surface area contributed by atoms with E-state index in [-0.39, 0.29) is 6.54 Å². The van der Waals surface area contributed by atoms with Crippen LogP contribution in [0.5, 0.6) is 0 Å². The molecule has 1 heterocycles. The van der Waals surface area contributed by atoms with Crippen LogP contribution >= 0.6 is 0 Å². The molecular formula is C12H14N4O. The molecule has 0 spiro atoms. The minimum Gasteiger partial charge on any atom is -0.368 e. The molecule has 5 heteroatoms. The van der Waals surface area contributed by atoms with Crippen molar-refractivity contribution in [3.8, 4) is 6.07 Å². The summed E-state index contributed by atoms with van der Waals surface area (Å²) in [6.45, 7) is 0.000463. The van der Waals surface area contributed by atoms with Crippen LogP contribution in [0.1, 0.15) is 29.7 Å². The molecule has 2 rings (SSSR count). The Balaban J connectivity index is 2.30. The van der Waals surface area contributed by atoms with Crippen molar-refractivity contribution in [2.75, 3.05) is 11.9 Å². The van der Waals surface area contributed by atoms with Crippen LogP contribution < -0.4 is 11.1 Å². The van der Waals surface area contributed by atoms with E-state index in [0.29, 0.717) is 11.4 Å². The van der Waals surface area contributed by atoms with E-state index in [9.17, 15) is 4.79 Å². The molecular weight excluding hydrogens is 216 g/mol. The van der Waals surface area contributed by atoms with Gasteiger partial charge in [-0.15, -0.1) is 0 Å². The van der Waals surface area contributed by atoms with Crippen molar-refractivity contribution in [1.29, 1.82) is 5.26 Å². The number of aromatic nitrogens is 1. The molecule has 0 fully saturated rings. The van der Waals surface area contributed by atoms with E-state index in [4.69, 9.17) is 11.0 Å². The first-order valence-electron chi connectivity index (χ1n) is 5.66. The van der Waals surface area contributed by atoms with Crippen LogP contribution in [0.25, 0.3) is 0 Å². The second-order valence-corrected chi connectivity index (χ2v) is 4.13. The maximum Gasteiger partial charge on any atom is 0.236 e. The van der Waals surface area contributed by atoms with Crippen LogP contribution in [0, 0.1) is 11.3 Å². The highest BCUT2D eigenvalue weighted by molar-refractivity contribution is 5.79. The van der Waals surface area contributed by atoms with E-state index in [2.05, 4.69) is 16.4 Å². The fraction of sp³-hybridized carbons (Fsp3) is 0.417. The molecule has 88 valence electrons. The molecule has 1 aliphatic rings. The van der Waals surface area contributed by atoms with Gasteiger partial charge in [0.2, 0.25) is 5.91 Å². The van der Waals surface area contributed by atoms with Gasteiger partial charge in [-0.25, -0.2) is 4.98 Å². The van der Waals surface area contributed by atoms with Crippen LogP contribution in [-0.2, 0) is 17.6 Å². The monoisotopic (exact) mass is 230 g/mol. The second kappa shape index (κ2) is 4.83. The highest BCUT2D eigenvalue weighted by atomic mass is 16.1. The number of nitrogens with two attached hydrogens (primary N) is 1. The summed E-state index contributed by atoms with van der Waals surface area (Å²) in [6.07, 6.45) is 4.19. The lowest BCUT2D eigenvalue weighted by Gasteiger charge is -2.16. The maximum absolute atomic E-state index is 10.7. The van der Waals surface area contributed by atoms with Crippen LogP contribution in [0.2, 0.25) is 0 Å². The number of anilines is 1. The van der Waals surface area contributed by atoms with Gasteiger partial charge in [0, 0.05) is 5.69 Å². The maximum atomic E-state index is 10.7. The Morgan fingerprint density at radius 3 is 3.00 bits per heavy atom. The summed E-state index contributed by atoms with van der Waals surface area (Å²) in [7, 11) is 0. The van der Waals surface area contributed by atoms with Gasteiger partial charge < -0.3 is 11.1 Å². The number of carbonyl (C=O) groups is 1. The number of nitriles is 1. The van der Waals surface area contributed by atoms with Gasteiger partial charge in [0.1, 0.15) is 11.9 Å². The fourth-order valence-corrected chi connectivity index (χ4v) is 2.02. The first-order chi connectivity index (χ1) is 8.20. The largest absolute Gasteiger partial charge is 0.368 e. The molecule has 0 unspecified atom stereocenters. The summed E-state index contributed by atoms with van der Waals surface area (Å²) >= 11 is 0. The first kappa shape index (κ1) is 11.4. The van der Waals surface area contributed by atoms with Gasteiger partial charge in [0.25, 0.3) is 0 Å². The summed E-state index contributed by atoms with van der Waals surface area (Å²) in [4.78, 5) is 15.1. The lowest BCUT2D eigenvalue weighted by Crippen LogP contribution is -2.23. The molecule has 0 aliphatic heterocycles. The molecule has 3 N–H and O–H groups in total. The Morgan fingerprint density at radius 1 is 1.53 bits per heavy atom. The van der Waals surface area contributed by atoms with Crippen molar-refractivity contribution >= 4 is 11.7 Å². The summed E-state index contributed by atoms with van der Waals surface area (Å²) in [6, 6.07) is 3.96. The Bertz CT molecular complexity index is 490. The lowest BCUT2D eigenvalue weighted by atomic mass is 9.95. The quantitative estimate of drug-likeness (QED) is 0.800. The normalized spacial score (nSPS) is 13.6. The molecule has 0 radical (unpaired) electrons. The Labute approximate surface area is 99.6 Å². The number of aryl methyl sites for hydroxylation is 2. The number of pyridine rings is 1. The Morgan fingerprint density at radius 2 is 2.29 bits per heavy atom. The van der Waals surface area contributed by atoms with Gasteiger partial charge in [-0.2, -0.15) is 5.26 Å². The van der Waals surface area contributed by atoms with Crippen molar-refractivity contribution in [1.82, 2.24) is 4.98 Å². The standard InChI is InChI=1S/C12H14N4O/c13-6-9-5-8-3-1-2-4-10(8)16-12(9)15-7-11(14)17/h5H,1-4,7H2,(H2,14,17)(H,15,16). The van der Waals surface area contributed by atoms with Gasteiger partial charge in [0.15, 0.2) is 0 Å². The minimum absolute atomic E-state index is 0.000463. The van der Waals surface area contributed by atoms with E-state index >= 15 is 0 Å². The number of nitrogens with one attached hydrogen (secondary N) is 1. The molecule has 17 heavy (non-hydrogen) atoms. The average molecular weight is 230 g/mol. The van der Waals surface area contributed by atoms with E-state index in [1.165, 1.54) is 0 Å². The third-order valence-corrected chi connectivity index (χ3v) is 2.85. The van der Waals surface area contributed by atoms with E-state index in [1.807, 2.05) is 6.07 Å². The number of hydrogen-bond donors (Lipinski definition) is 2. The number of carbonyl (C=O) groups excluding carboxylic acids is 1. The summed E-state index contributed by atoms with van der Waals surface area (Å²) in [5, 5.41) is 11.8. The molecule has 0 bridgehead atoms. The lowest BCUT2D eigenvalue weighted by molar-refractivity contribution is -0.116. The smallest absolute Gasteiger partial charge is 0.236 e. The zero-order chi connectivity index (χ0) is 12.3. The zero-order valence-corrected chi connectivity index (χ0v) is 9.49. The fourth-order valence-electron chi connectivity index (χ4n) is 2.02. The Hall–Kier alpha value is -2.09. The number of rotatable bonds is 3. The van der Waals surface area contributed by atoms with Crippen LogP contribution in [0.15, 0.2) is 6.07 Å². The number of hydrogen-bond acceptors (Lipinski definition) is 4. The van der Waals surface area contributed by atoms with E-state index in [1.54, 1.807) is 0 Å². The molecule has 0 saturated heterocycles. The van der Waals surface area contributed by atoms with Crippen LogP contribution in [0.4, 0.5) is 5.82 Å². The molecule has 0 atom stereocenters. The summed E-state index contributed by atoms with van der Waals surface area (Å²) < 4.78 is 0. The molecule has 1 aromatic heterocycles. The van der Waals surface area contributed by atoms with Crippen molar-refractivity contribution in [2.24, 2.45) is 5.73 Å². The average Bonchev–Trinajstić information content (AvgIpc) is 2.35. The van der Waals surface area contributed by atoms with E-state index < -0.39 is 5.91 Å². The molecule has 1 amide bonds. The third-order valence-electron chi connectivity index (χ3n) is 2.85. The van der Waals surface area contributed by atoms with Crippen molar-refractivity contribution in [3.05, 3.63) is 22.9 Å². The van der Waals surface area contributed by atoms with Crippen LogP contribution in [0.3, 0.4) is 0 Å². The molecule has 1 aliphatic carbocycles. The Kier molecular flexibility index (Phi) is 3.24.